The molecule has 0 amide bonds. The van der Waals surface area contributed by atoms with Crippen LogP contribution in [0, 0.1) is 31.5 Å². The molecule has 0 aromatic heterocycles. The van der Waals surface area contributed by atoms with Crippen LogP contribution in [0.5, 0.6) is 0 Å². The third kappa shape index (κ3) is 4.39. The fraction of sp³-hybridized carbons (Fsp3) is 0.522. The van der Waals surface area contributed by atoms with Gasteiger partial charge in [-0.1, -0.05) is 26.0 Å². The fourth-order valence-electron chi connectivity index (χ4n) is 4.23. The molecule has 0 saturated carbocycles. The number of carbonyl (C=O) groups excluding carboxylic acids is 1. The first-order chi connectivity index (χ1) is 12.8. The molecule has 1 aromatic carbocycles. The van der Waals surface area contributed by atoms with Gasteiger partial charge in [-0.15, -0.1) is 6.58 Å². The number of benzene rings is 1. The van der Waals surface area contributed by atoms with Crippen LogP contribution in [0.15, 0.2) is 36.4 Å². The number of ether oxygens (including phenoxy) is 1. The van der Waals surface area contributed by atoms with Gasteiger partial charge in [-0.05, 0) is 79.9 Å². The lowest BCUT2D eigenvalue weighted by atomic mass is 9.67. The van der Waals surface area contributed by atoms with Gasteiger partial charge in [-0.25, -0.2) is 4.39 Å². The van der Waals surface area contributed by atoms with Crippen molar-refractivity contribution in [1.29, 1.82) is 0 Å². The molecule has 3 atom stereocenters. The summed E-state index contributed by atoms with van der Waals surface area (Å²) in [5.74, 6) is -0.474. The second kappa shape index (κ2) is 8.94. The number of rotatable bonds is 8. The van der Waals surface area contributed by atoms with Crippen LogP contribution in [0.3, 0.4) is 0 Å². The quantitative estimate of drug-likeness (QED) is 0.524. The Hall–Kier alpha value is -1.78. The molecule has 4 heteroatoms. The summed E-state index contributed by atoms with van der Waals surface area (Å²) in [6.45, 7) is 11.2. The van der Waals surface area contributed by atoms with Crippen LogP contribution in [0.4, 0.5) is 4.39 Å². The van der Waals surface area contributed by atoms with E-state index >= 15 is 0 Å². The molecule has 3 nitrogen and oxygen atoms in total. The Morgan fingerprint density at radius 2 is 2.07 bits per heavy atom. The first-order valence-corrected chi connectivity index (χ1v) is 9.65. The van der Waals surface area contributed by atoms with Gasteiger partial charge in [-0.3, -0.25) is 4.79 Å². The van der Waals surface area contributed by atoms with Crippen LogP contribution in [0.1, 0.15) is 49.8 Å². The monoisotopic (exact) mass is 374 g/mol. The lowest BCUT2D eigenvalue weighted by molar-refractivity contribution is -0.145. The maximum Gasteiger partial charge on any atom is 0.159 e. The van der Waals surface area contributed by atoms with Crippen molar-refractivity contribution in [3.05, 3.63) is 58.9 Å². The smallest absolute Gasteiger partial charge is 0.159 e. The molecule has 0 aliphatic heterocycles. The molecule has 0 saturated heterocycles. The number of halogens is 1. The van der Waals surface area contributed by atoms with Crippen molar-refractivity contribution in [1.82, 2.24) is 0 Å². The van der Waals surface area contributed by atoms with E-state index in [-0.39, 0.29) is 23.4 Å². The van der Waals surface area contributed by atoms with Crippen LogP contribution in [-0.4, -0.2) is 23.3 Å². The Labute approximate surface area is 161 Å². The summed E-state index contributed by atoms with van der Waals surface area (Å²) in [6, 6.07) is 3.46. The minimum atomic E-state index is -0.781. The predicted molar refractivity (Wildman–Crippen MR) is 106 cm³/mol. The van der Waals surface area contributed by atoms with Gasteiger partial charge in [-0.2, -0.15) is 0 Å². The molecule has 0 radical (unpaired) electrons. The lowest BCUT2D eigenvalue weighted by Crippen LogP contribution is -2.48. The van der Waals surface area contributed by atoms with Crippen molar-refractivity contribution in [2.24, 2.45) is 11.8 Å². The summed E-state index contributed by atoms with van der Waals surface area (Å²) in [5, 5.41) is 9.60. The summed E-state index contributed by atoms with van der Waals surface area (Å²) in [7, 11) is 0. The van der Waals surface area contributed by atoms with Crippen molar-refractivity contribution in [3.63, 3.8) is 0 Å². The third-order valence-electron chi connectivity index (χ3n) is 5.95. The number of hydrogen-bond acceptors (Lipinski definition) is 3. The Morgan fingerprint density at radius 3 is 2.67 bits per heavy atom. The molecular weight excluding hydrogens is 343 g/mol. The Balaban J connectivity index is 2.44. The highest BCUT2D eigenvalue weighted by atomic mass is 19.1. The Morgan fingerprint density at radius 1 is 1.41 bits per heavy atom. The topological polar surface area (TPSA) is 46.5 Å². The van der Waals surface area contributed by atoms with Crippen LogP contribution in [-0.2, 0) is 16.0 Å². The minimum Gasteiger partial charge on any atom is -0.371 e. The summed E-state index contributed by atoms with van der Waals surface area (Å²) >= 11 is 0. The summed E-state index contributed by atoms with van der Waals surface area (Å²) in [6.07, 6.45) is 5.57. The van der Waals surface area contributed by atoms with E-state index in [1.54, 1.807) is 18.2 Å². The number of carbonyl (C=O) groups is 1. The molecule has 0 unspecified atom stereocenters. The Bertz CT molecular complexity index is 737. The molecule has 0 bridgehead atoms. The molecule has 27 heavy (non-hydrogen) atoms. The van der Waals surface area contributed by atoms with E-state index in [1.807, 2.05) is 33.8 Å². The summed E-state index contributed by atoms with van der Waals surface area (Å²) in [4.78, 5) is 12.5. The van der Waals surface area contributed by atoms with Crippen LogP contribution >= 0.6 is 0 Å². The maximum atomic E-state index is 14.5. The van der Waals surface area contributed by atoms with Gasteiger partial charge in [0.15, 0.2) is 5.78 Å². The van der Waals surface area contributed by atoms with E-state index in [0.29, 0.717) is 31.2 Å². The highest BCUT2D eigenvalue weighted by Crippen LogP contribution is 2.44. The molecule has 148 valence electrons. The van der Waals surface area contributed by atoms with E-state index < -0.39 is 12.4 Å². The van der Waals surface area contributed by atoms with Gasteiger partial charge in [0.1, 0.15) is 12.6 Å². The number of aliphatic hydroxyl groups is 1. The van der Waals surface area contributed by atoms with E-state index in [1.165, 1.54) is 0 Å². The second-order valence-electron chi connectivity index (χ2n) is 7.65. The molecule has 0 heterocycles. The molecular formula is C23H31FO3. The van der Waals surface area contributed by atoms with Gasteiger partial charge in [0.25, 0.3) is 0 Å². The number of allylic oxidation sites excluding steroid dienone is 2. The normalized spacial score (nSPS) is 23.9. The van der Waals surface area contributed by atoms with Crippen molar-refractivity contribution >= 4 is 5.78 Å². The van der Waals surface area contributed by atoms with E-state index in [2.05, 4.69) is 6.58 Å². The zero-order valence-electron chi connectivity index (χ0n) is 16.8. The molecule has 1 N–H and O–H groups in total. The molecule has 1 aliphatic carbocycles. The maximum absolute atomic E-state index is 14.5. The number of ketones is 1. The first-order valence-electron chi connectivity index (χ1n) is 9.65. The van der Waals surface area contributed by atoms with Gasteiger partial charge in [0.05, 0.1) is 5.60 Å². The highest BCUT2D eigenvalue weighted by molar-refractivity contribution is 5.94. The van der Waals surface area contributed by atoms with Crippen molar-refractivity contribution in [2.75, 3.05) is 6.79 Å². The lowest BCUT2D eigenvalue weighted by Gasteiger charge is -2.45. The van der Waals surface area contributed by atoms with Crippen LogP contribution < -0.4 is 0 Å². The highest BCUT2D eigenvalue weighted by Gasteiger charge is 2.46. The van der Waals surface area contributed by atoms with Crippen LogP contribution in [0.25, 0.3) is 0 Å². The third-order valence-corrected chi connectivity index (χ3v) is 5.95. The molecule has 1 aliphatic rings. The van der Waals surface area contributed by atoms with Crippen LogP contribution in [0.2, 0.25) is 0 Å². The Kier molecular flexibility index (Phi) is 7.12. The average molecular weight is 374 g/mol. The SMILES string of the molecule is C=CC[C@H]1C[C@@](OCO)([C@@H](C)Cc2cc(C)c(C)cc2F)C(CC)=CC1=O. The molecule has 0 spiro atoms. The standard InChI is InChI=1S/C23H31FO3/c1-6-8-18-13-23(27-14-25,20(7-2)12-22(18)26)17(5)11-19-9-15(3)16(4)10-21(19)24/h6,9-10,12,17-18,25H,1,7-8,11,13-14H2,2-5H3/t17-,18-,23+/m0/s1. The van der Waals surface area contributed by atoms with Gasteiger partial charge in [0.2, 0.25) is 0 Å². The molecule has 1 aromatic rings. The van der Waals surface area contributed by atoms with Gasteiger partial charge in [0, 0.05) is 5.92 Å². The zero-order chi connectivity index (χ0) is 20.2. The molecule has 2 rings (SSSR count). The second-order valence-corrected chi connectivity index (χ2v) is 7.65. The largest absolute Gasteiger partial charge is 0.371 e. The zero-order valence-corrected chi connectivity index (χ0v) is 16.8. The number of aryl methyl sites for hydroxylation is 2. The van der Waals surface area contributed by atoms with Gasteiger partial charge >= 0.3 is 0 Å². The minimum absolute atomic E-state index is 0.0773. The first kappa shape index (κ1) is 21.5. The molecule has 0 fully saturated rings. The van der Waals surface area contributed by atoms with Gasteiger partial charge < -0.3 is 9.84 Å². The average Bonchev–Trinajstić information content (AvgIpc) is 2.62. The number of aliphatic hydroxyl groups excluding tert-OH is 1. The van der Waals surface area contributed by atoms with E-state index in [9.17, 15) is 14.3 Å². The number of hydrogen-bond donors (Lipinski definition) is 1. The summed E-state index contributed by atoms with van der Waals surface area (Å²) < 4.78 is 20.4. The van der Waals surface area contributed by atoms with Crippen molar-refractivity contribution < 1.29 is 19.0 Å². The predicted octanol–water partition coefficient (Wildman–Crippen LogP) is 4.83. The van der Waals surface area contributed by atoms with E-state index in [0.717, 1.165) is 16.7 Å². The summed E-state index contributed by atoms with van der Waals surface area (Å²) in [5.41, 5.74) is 2.70. The van der Waals surface area contributed by atoms with Crippen molar-refractivity contribution in [3.8, 4) is 0 Å². The fourth-order valence-corrected chi connectivity index (χ4v) is 4.23. The van der Waals surface area contributed by atoms with E-state index in [4.69, 9.17) is 4.74 Å². The van der Waals surface area contributed by atoms with Crippen molar-refractivity contribution in [2.45, 2.75) is 59.0 Å².